The summed E-state index contributed by atoms with van der Waals surface area (Å²) in [6.07, 6.45) is 0.997. The van der Waals surface area contributed by atoms with Crippen molar-refractivity contribution in [3.8, 4) is 6.07 Å². The van der Waals surface area contributed by atoms with Gasteiger partial charge in [-0.25, -0.2) is 4.98 Å². The molecule has 0 aliphatic carbocycles. The molecule has 1 aliphatic rings. The monoisotopic (exact) mass is 374 g/mol. The first kappa shape index (κ1) is 15.5. The molecule has 3 nitrogen and oxygen atoms in total. The van der Waals surface area contributed by atoms with Crippen molar-refractivity contribution in [1.82, 2.24) is 4.98 Å². The maximum absolute atomic E-state index is 9.41. The summed E-state index contributed by atoms with van der Waals surface area (Å²) < 4.78 is 1.08. The molecule has 0 saturated heterocycles. The lowest BCUT2D eigenvalue weighted by molar-refractivity contribution is -0.895. The Bertz CT molecular complexity index is 739. The van der Waals surface area contributed by atoms with E-state index >= 15 is 0 Å². The predicted octanol–water partition coefficient (Wildman–Crippen LogP) is 2.58. The molecule has 1 N–H and O–H groups in total. The van der Waals surface area contributed by atoms with Gasteiger partial charge >= 0.3 is 0 Å². The van der Waals surface area contributed by atoms with Gasteiger partial charge in [-0.1, -0.05) is 28.1 Å². The van der Waals surface area contributed by atoms with Crippen molar-refractivity contribution >= 4 is 27.7 Å². The van der Waals surface area contributed by atoms with E-state index in [0.717, 1.165) is 34.8 Å². The number of quaternary nitrogens is 1. The molecule has 0 spiro atoms. The van der Waals surface area contributed by atoms with Crippen LogP contribution in [-0.4, -0.2) is 18.6 Å². The topological polar surface area (TPSA) is 41.1 Å². The molecule has 0 radical (unpaired) electrons. The Balaban J connectivity index is 1.83. The van der Waals surface area contributed by atoms with E-state index in [0.29, 0.717) is 5.56 Å². The van der Waals surface area contributed by atoms with E-state index in [4.69, 9.17) is 4.98 Å². The van der Waals surface area contributed by atoms with Crippen molar-refractivity contribution in [2.24, 2.45) is 0 Å². The largest absolute Gasteiger partial charge is 0.333 e. The Morgan fingerprint density at radius 1 is 1.41 bits per heavy atom. The predicted molar refractivity (Wildman–Crippen MR) is 91.8 cm³/mol. The molecule has 1 aromatic heterocycles. The molecular weight excluding hydrogens is 358 g/mol. The zero-order valence-electron chi connectivity index (χ0n) is 12.4. The van der Waals surface area contributed by atoms with Gasteiger partial charge in [0.25, 0.3) is 0 Å². The maximum atomic E-state index is 9.41. The molecule has 2 aromatic rings. The Kier molecular flexibility index (Phi) is 4.82. The van der Waals surface area contributed by atoms with Crippen molar-refractivity contribution in [2.45, 2.75) is 23.7 Å². The standard InChI is InChI=1S/C17H16BrN3S/c1-21-6-5-16-14(10-21)8-13(9-19)17(20-16)22-11-12-3-2-4-15(18)7-12/h2-4,7-8H,5-6,10-11H2,1H3/p+1. The highest BCUT2D eigenvalue weighted by Gasteiger charge is 2.20. The van der Waals surface area contributed by atoms with Crippen LogP contribution in [0.2, 0.25) is 0 Å². The van der Waals surface area contributed by atoms with E-state index in [1.165, 1.54) is 21.7 Å². The molecule has 2 heterocycles. The lowest BCUT2D eigenvalue weighted by atomic mass is 10.0. The van der Waals surface area contributed by atoms with Crippen LogP contribution in [0.4, 0.5) is 0 Å². The smallest absolute Gasteiger partial charge is 0.114 e. The molecule has 5 heteroatoms. The highest BCUT2D eigenvalue weighted by Crippen LogP contribution is 2.27. The van der Waals surface area contributed by atoms with E-state index in [1.807, 2.05) is 18.2 Å². The van der Waals surface area contributed by atoms with Gasteiger partial charge in [-0.2, -0.15) is 5.26 Å². The van der Waals surface area contributed by atoms with Gasteiger partial charge in [0.2, 0.25) is 0 Å². The van der Waals surface area contributed by atoms with Gasteiger partial charge in [0.1, 0.15) is 17.6 Å². The Morgan fingerprint density at radius 3 is 3.05 bits per heavy atom. The van der Waals surface area contributed by atoms with Crippen molar-refractivity contribution in [3.05, 3.63) is 57.2 Å². The maximum Gasteiger partial charge on any atom is 0.114 e. The number of pyridine rings is 1. The first-order chi connectivity index (χ1) is 10.7. The van der Waals surface area contributed by atoms with Crippen LogP contribution in [-0.2, 0) is 18.7 Å². The normalized spacial score (nSPS) is 16.9. The zero-order chi connectivity index (χ0) is 15.5. The summed E-state index contributed by atoms with van der Waals surface area (Å²) in [4.78, 5) is 6.25. The second-order valence-electron chi connectivity index (χ2n) is 5.61. The van der Waals surface area contributed by atoms with Gasteiger partial charge in [-0.05, 0) is 23.8 Å². The van der Waals surface area contributed by atoms with Crippen LogP contribution >= 0.6 is 27.7 Å². The summed E-state index contributed by atoms with van der Waals surface area (Å²) in [5, 5.41) is 10.3. The highest BCUT2D eigenvalue weighted by molar-refractivity contribution is 9.10. The number of nitrogens with one attached hydrogen (secondary N) is 1. The van der Waals surface area contributed by atoms with E-state index in [1.54, 1.807) is 11.8 Å². The summed E-state index contributed by atoms with van der Waals surface area (Å²) in [5.74, 6) is 0.824. The fourth-order valence-electron chi connectivity index (χ4n) is 2.66. The Morgan fingerprint density at radius 2 is 2.27 bits per heavy atom. The quantitative estimate of drug-likeness (QED) is 0.839. The zero-order valence-corrected chi connectivity index (χ0v) is 14.8. The second kappa shape index (κ2) is 6.82. The molecule has 3 rings (SSSR count). The number of halogens is 1. The van der Waals surface area contributed by atoms with Crippen LogP contribution in [0.3, 0.4) is 0 Å². The second-order valence-corrected chi connectivity index (χ2v) is 7.49. The third-order valence-corrected chi connectivity index (χ3v) is 5.38. The van der Waals surface area contributed by atoms with Gasteiger partial charge in [0.05, 0.1) is 24.8 Å². The number of hydrogen-bond donors (Lipinski definition) is 1. The van der Waals surface area contributed by atoms with Crippen molar-refractivity contribution in [1.29, 1.82) is 5.26 Å². The molecule has 0 bridgehead atoms. The Labute approximate surface area is 143 Å². The molecule has 1 aromatic carbocycles. The minimum absolute atomic E-state index is 0.702. The average molecular weight is 375 g/mol. The van der Waals surface area contributed by atoms with Gasteiger partial charge < -0.3 is 4.90 Å². The molecule has 22 heavy (non-hydrogen) atoms. The SMILES string of the molecule is C[NH+]1CCc2nc(SCc3cccc(Br)c3)c(C#N)cc2C1. The lowest BCUT2D eigenvalue weighted by Gasteiger charge is -2.22. The van der Waals surface area contributed by atoms with E-state index in [9.17, 15) is 5.26 Å². The Hall–Kier alpha value is -1.35. The van der Waals surface area contributed by atoms with Crippen molar-refractivity contribution < 1.29 is 4.90 Å². The van der Waals surface area contributed by atoms with Crippen molar-refractivity contribution in [2.75, 3.05) is 13.6 Å². The fraction of sp³-hybridized carbons (Fsp3) is 0.294. The summed E-state index contributed by atoms with van der Waals surface area (Å²) in [6, 6.07) is 12.6. The highest BCUT2D eigenvalue weighted by atomic mass is 79.9. The van der Waals surface area contributed by atoms with Gasteiger partial charge in [0, 0.05) is 22.2 Å². The molecule has 1 atom stereocenters. The minimum Gasteiger partial charge on any atom is -0.333 e. The number of benzene rings is 1. The number of nitrogens with zero attached hydrogens (tertiary/aromatic N) is 2. The number of rotatable bonds is 3. The van der Waals surface area contributed by atoms with Crippen LogP contribution in [0.15, 0.2) is 39.8 Å². The van der Waals surface area contributed by atoms with E-state index in [2.05, 4.69) is 41.2 Å². The molecule has 0 saturated carbocycles. The van der Waals surface area contributed by atoms with Gasteiger partial charge in [0.15, 0.2) is 0 Å². The van der Waals surface area contributed by atoms with E-state index in [-0.39, 0.29) is 0 Å². The molecule has 112 valence electrons. The number of aromatic nitrogens is 1. The fourth-order valence-corrected chi connectivity index (χ4v) is 4.02. The minimum atomic E-state index is 0.702. The number of likely N-dealkylation sites (N-methyl/N-ethyl adjacent to an activating group) is 1. The number of nitriles is 1. The lowest BCUT2D eigenvalue weighted by Crippen LogP contribution is -3.08. The van der Waals surface area contributed by atoms with E-state index < -0.39 is 0 Å². The third-order valence-electron chi connectivity index (χ3n) is 3.82. The molecule has 1 unspecified atom stereocenters. The van der Waals surface area contributed by atoms with Crippen LogP contribution in [0.25, 0.3) is 0 Å². The summed E-state index contributed by atoms with van der Waals surface area (Å²) >= 11 is 5.14. The summed E-state index contributed by atoms with van der Waals surface area (Å²) in [7, 11) is 2.19. The molecule has 0 fully saturated rings. The van der Waals surface area contributed by atoms with Crippen LogP contribution in [0, 0.1) is 11.3 Å². The third kappa shape index (κ3) is 3.52. The first-order valence-corrected chi connectivity index (χ1v) is 9.05. The molecule has 1 aliphatic heterocycles. The van der Waals surface area contributed by atoms with Crippen LogP contribution in [0.1, 0.15) is 22.4 Å². The van der Waals surface area contributed by atoms with Crippen LogP contribution < -0.4 is 4.90 Å². The number of fused-ring (bicyclic) bond motifs is 1. The summed E-state index contributed by atoms with van der Waals surface area (Å²) in [6.45, 7) is 2.08. The molecular formula is C17H17BrN3S+. The number of thioether (sulfide) groups is 1. The first-order valence-electron chi connectivity index (χ1n) is 7.27. The van der Waals surface area contributed by atoms with Crippen LogP contribution in [0.5, 0.6) is 0 Å². The number of hydrogen-bond acceptors (Lipinski definition) is 3. The average Bonchev–Trinajstić information content (AvgIpc) is 2.52. The van der Waals surface area contributed by atoms with Gasteiger partial charge in [-0.15, -0.1) is 11.8 Å². The summed E-state index contributed by atoms with van der Waals surface area (Å²) in [5.41, 5.74) is 4.33. The van der Waals surface area contributed by atoms with Crippen molar-refractivity contribution in [3.63, 3.8) is 0 Å². The molecule has 0 amide bonds. The van der Waals surface area contributed by atoms with Gasteiger partial charge in [-0.3, -0.25) is 0 Å².